The zero-order valence-corrected chi connectivity index (χ0v) is 11.6. The zero-order valence-electron chi connectivity index (χ0n) is 11.6. The molecule has 6 heteroatoms. The van der Waals surface area contributed by atoms with Crippen molar-refractivity contribution in [2.75, 3.05) is 13.2 Å². The summed E-state index contributed by atoms with van der Waals surface area (Å²) in [6.07, 6.45) is 4.83. The molecule has 0 aliphatic heterocycles. The molecule has 1 aliphatic rings. The van der Waals surface area contributed by atoms with E-state index in [1.807, 2.05) is 6.07 Å². The maximum Gasteiger partial charge on any atom is 0.283 e. The molecule has 1 amide bonds. The van der Waals surface area contributed by atoms with E-state index in [-0.39, 0.29) is 12.5 Å². The summed E-state index contributed by atoms with van der Waals surface area (Å²) in [6, 6.07) is 5.85. The molecular formula is C14H22N4O2. The Bertz CT molecular complexity index is 447. The van der Waals surface area contributed by atoms with Gasteiger partial charge in [-0.25, -0.2) is 10.8 Å². The molecule has 1 heterocycles. The van der Waals surface area contributed by atoms with Crippen LogP contribution >= 0.6 is 0 Å². The summed E-state index contributed by atoms with van der Waals surface area (Å²) in [4.78, 5) is 18.1. The molecule has 1 aromatic heterocycles. The number of rotatable bonds is 6. The molecule has 0 atom stereocenters. The molecule has 1 aliphatic carbocycles. The van der Waals surface area contributed by atoms with Gasteiger partial charge in [0.25, 0.3) is 5.91 Å². The summed E-state index contributed by atoms with van der Waals surface area (Å²) in [6.45, 7) is 1.43. The van der Waals surface area contributed by atoms with Gasteiger partial charge in [-0.15, -0.1) is 0 Å². The van der Waals surface area contributed by atoms with Gasteiger partial charge >= 0.3 is 0 Å². The van der Waals surface area contributed by atoms with Crippen LogP contribution in [0.1, 0.15) is 41.9 Å². The first-order valence-corrected chi connectivity index (χ1v) is 7.06. The van der Waals surface area contributed by atoms with Crippen LogP contribution in [0.2, 0.25) is 0 Å². The highest BCUT2D eigenvalue weighted by Crippen LogP contribution is 2.24. The van der Waals surface area contributed by atoms with Gasteiger partial charge in [0.05, 0.1) is 12.3 Å². The van der Waals surface area contributed by atoms with Crippen molar-refractivity contribution in [1.82, 2.24) is 15.3 Å². The smallest absolute Gasteiger partial charge is 0.283 e. The number of nitrogens with two attached hydrogens (primary N) is 1. The molecule has 1 saturated carbocycles. The highest BCUT2D eigenvalue weighted by Gasteiger charge is 2.22. The van der Waals surface area contributed by atoms with Crippen molar-refractivity contribution >= 4 is 5.91 Å². The number of amides is 1. The van der Waals surface area contributed by atoms with Crippen molar-refractivity contribution in [3.63, 3.8) is 0 Å². The molecular weight excluding hydrogens is 256 g/mol. The van der Waals surface area contributed by atoms with E-state index in [9.17, 15) is 9.90 Å². The number of hydrogen-bond acceptors (Lipinski definition) is 5. The third kappa shape index (κ3) is 3.75. The van der Waals surface area contributed by atoms with Gasteiger partial charge in [-0.3, -0.25) is 15.1 Å². The zero-order chi connectivity index (χ0) is 14.4. The van der Waals surface area contributed by atoms with Gasteiger partial charge in [-0.05, 0) is 25.0 Å². The lowest BCUT2D eigenvalue weighted by atomic mass is 10.2. The highest BCUT2D eigenvalue weighted by molar-refractivity contribution is 5.91. The first-order chi connectivity index (χ1) is 9.74. The maximum absolute atomic E-state index is 11.5. The molecule has 1 fully saturated rings. The van der Waals surface area contributed by atoms with Gasteiger partial charge in [0.2, 0.25) is 0 Å². The van der Waals surface area contributed by atoms with E-state index < -0.39 is 0 Å². The first-order valence-electron chi connectivity index (χ1n) is 7.06. The third-order valence-corrected chi connectivity index (χ3v) is 3.76. The van der Waals surface area contributed by atoms with E-state index in [4.69, 9.17) is 5.84 Å². The number of aliphatic hydroxyl groups excluding tert-OH is 1. The number of carbonyl (C=O) groups excluding carboxylic acids is 1. The summed E-state index contributed by atoms with van der Waals surface area (Å²) in [5.41, 5.74) is 3.23. The summed E-state index contributed by atoms with van der Waals surface area (Å²) in [5, 5.41) is 9.21. The van der Waals surface area contributed by atoms with Crippen LogP contribution in [-0.4, -0.2) is 40.1 Å². The predicted octanol–water partition coefficient (Wildman–Crippen LogP) is 0.422. The maximum atomic E-state index is 11.5. The Morgan fingerprint density at radius 2 is 2.20 bits per heavy atom. The van der Waals surface area contributed by atoms with Crippen LogP contribution in [0.4, 0.5) is 0 Å². The van der Waals surface area contributed by atoms with Crippen molar-refractivity contribution in [2.45, 2.75) is 38.3 Å². The minimum atomic E-state index is -0.388. The van der Waals surface area contributed by atoms with E-state index in [1.54, 1.807) is 12.1 Å². The number of pyridine rings is 1. The molecule has 1 aromatic rings. The van der Waals surface area contributed by atoms with Crippen LogP contribution in [0.25, 0.3) is 0 Å². The van der Waals surface area contributed by atoms with Gasteiger partial charge in [-0.2, -0.15) is 0 Å². The number of hydrazine groups is 1. The number of aromatic nitrogens is 1. The van der Waals surface area contributed by atoms with E-state index in [0.29, 0.717) is 24.8 Å². The minimum Gasteiger partial charge on any atom is -0.395 e. The lowest BCUT2D eigenvalue weighted by molar-refractivity contribution is 0.0947. The molecule has 0 aromatic carbocycles. The van der Waals surface area contributed by atoms with E-state index >= 15 is 0 Å². The van der Waals surface area contributed by atoms with Gasteiger partial charge in [0.1, 0.15) is 5.69 Å². The Labute approximate surface area is 119 Å². The number of hydrogen-bond donors (Lipinski definition) is 3. The molecule has 0 radical (unpaired) electrons. The monoisotopic (exact) mass is 278 g/mol. The Balaban J connectivity index is 2.07. The van der Waals surface area contributed by atoms with Crippen LogP contribution in [0.5, 0.6) is 0 Å². The Kier molecular flexibility index (Phi) is 5.46. The second kappa shape index (κ2) is 7.33. The molecule has 0 spiro atoms. The average molecular weight is 278 g/mol. The second-order valence-electron chi connectivity index (χ2n) is 5.12. The molecule has 4 N–H and O–H groups in total. The molecule has 6 nitrogen and oxygen atoms in total. The fraction of sp³-hybridized carbons (Fsp3) is 0.571. The standard InChI is InChI=1S/C14H22N4O2/c15-17-14(20)13-7-3-4-11(16-13)10-18(8-9-19)12-5-1-2-6-12/h3-4,7,12,19H,1-2,5-6,8-10,15H2,(H,17,20). The largest absolute Gasteiger partial charge is 0.395 e. The van der Waals surface area contributed by atoms with Crippen LogP contribution < -0.4 is 11.3 Å². The molecule has 110 valence electrons. The average Bonchev–Trinajstić information content (AvgIpc) is 3.00. The summed E-state index contributed by atoms with van der Waals surface area (Å²) in [5.74, 6) is 4.73. The van der Waals surface area contributed by atoms with E-state index in [0.717, 1.165) is 5.69 Å². The van der Waals surface area contributed by atoms with Crippen molar-refractivity contribution in [1.29, 1.82) is 0 Å². The minimum absolute atomic E-state index is 0.138. The van der Waals surface area contributed by atoms with E-state index in [1.165, 1.54) is 25.7 Å². The molecule has 0 bridgehead atoms. The molecule has 2 rings (SSSR count). The highest BCUT2D eigenvalue weighted by atomic mass is 16.3. The number of nitrogens with one attached hydrogen (secondary N) is 1. The van der Waals surface area contributed by atoms with Crippen LogP contribution in [0, 0.1) is 0 Å². The summed E-state index contributed by atoms with van der Waals surface area (Å²) in [7, 11) is 0. The fourth-order valence-electron chi connectivity index (χ4n) is 2.76. The number of nitrogens with zero attached hydrogens (tertiary/aromatic N) is 2. The van der Waals surface area contributed by atoms with Gasteiger partial charge < -0.3 is 5.11 Å². The SMILES string of the molecule is NNC(=O)c1cccc(CN(CCO)C2CCCC2)n1. The summed E-state index contributed by atoms with van der Waals surface area (Å²) < 4.78 is 0. The third-order valence-electron chi connectivity index (χ3n) is 3.76. The second-order valence-corrected chi connectivity index (χ2v) is 5.12. The first kappa shape index (κ1) is 14.9. The number of nitrogen functional groups attached to an aromatic ring is 1. The molecule has 0 unspecified atom stereocenters. The van der Waals surface area contributed by atoms with Crippen molar-refractivity contribution < 1.29 is 9.90 Å². The van der Waals surface area contributed by atoms with Crippen LogP contribution in [0.3, 0.4) is 0 Å². The van der Waals surface area contributed by atoms with Crippen molar-refractivity contribution in [3.05, 3.63) is 29.6 Å². The Morgan fingerprint density at radius 1 is 1.45 bits per heavy atom. The van der Waals surface area contributed by atoms with Gasteiger partial charge in [0, 0.05) is 19.1 Å². The molecule has 0 saturated heterocycles. The van der Waals surface area contributed by atoms with Crippen LogP contribution in [0.15, 0.2) is 18.2 Å². The Morgan fingerprint density at radius 3 is 2.85 bits per heavy atom. The Hall–Kier alpha value is -1.50. The predicted molar refractivity (Wildman–Crippen MR) is 75.6 cm³/mol. The fourth-order valence-corrected chi connectivity index (χ4v) is 2.76. The van der Waals surface area contributed by atoms with Gasteiger partial charge in [-0.1, -0.05) is 18.9 Å². The lowest BCUT2D eigenvalue weighted by Gasteiger charge is -2.27. The quantitative estimate of drug-likeness (QED) is 0.398. The lowest BCUT2D eigenvalue weighted by Crippen LogP contribution is -2.35. The van der Waals surface area contributed by atoms with Crippen molar-refractivity contribution in [2.24, 2.45) is 5.84 Å². The normalized spacial score (nSPS) is 15.8. The topological polar surface area (TPSA) is 91.5 Å². The van der Waals surface area contributed by atoms with E-state index in [2.05, 4.69) is 15.3 Å². The van der Waals surface area contributed by atoms with Crippen LogP contribution in [-0.2, 0) is 6.54 Å². The summed E-state index contributed by atoms with van der Waals surface area (Å²) >= 11 is 0. The number of aliphatic hydroxyl groups is 1. The van der Waals surface area contributed by atoms with Gasteiger partial charge in [0.15, 0.2) is 0 Å². The number of carbonyl (C=O) groups is 1. The van der Waals surface area contributed by atoms with Crippen molar-refractivity contribution in [3.8, 4) is 0 Å². The molecule has 20 heavy (non-hydrogen) atoms.